The average Bonchev–Trinajstić information content (AvgIpc) is 3.26. The third-order valence-electron chi connectivity index (χ3n) is 4.76. The SMILES string of the molecule is Cn1ncc2c1CCC[C@@H]2NC(=O)CNC(=O)c1ccc2c(c1)OCO2. The van der Waals surface area contributed by atoms with Crippen molar-refractivity contribution in [2.24, 2.45) is 7.05 Å². The summed E-state index contributed by atoms with van der Waals surface area (Å²) >= 11 is 0. The van der Waals surface area contributed by atoms with Crippen molar-refractivity contribution in [2.75, 3.05) is 13.3 Å². The van der Waals surface area contributed by atoms with E-state index in [1.165, 1.54) is 0 Å². The van der Waals surface area contributed by atoms with Crippen LogP contribution in [0.5, 0.6) is 11.5 Å². The number of amides is 2. The van der Waals surface area contributed by atoms with E-state index in [4.69, 9.17) is 9.47 Å². The Morgan fingerprint density at radius 2 is 2.15 bits per heavy atom. The fourth-order valence-electron chi connectivity index (χ4n) is 3.40. The quantitative estimate of drug-likeness (QED) is 0.855. The minimum Gasteiger partial charge on any atom is -0.454 e. The highest BCUT2D eigenvalue weighted by Gasteiger charge is 2.25. The van der Waals surface area contributed by atoms with Gasteiger partial charge in [-0.1, -0.05) is 0 Å². The molecule has 2 aromatic rings. The molecule has 2 N–H and O–H groups in total. The van der Waals surface area contributed by atoms with Gasteiger partial charge in [0.25, 0.3) is 5.91 Å². The number of hydrogen-bond donors (Lipinski definition) is 2. The van der Waals surface area contributed by atoms with Crippen LogP contribution in [0, 0.1) is 0 Å². The largest absolute Gasteiger partial charge is 0.454 e. The third-order valence-corrected chi connectivity index (χ3v) is 4.76. The van der Waals surface area contributed by atoms with Crippen LogP contribution in [0.3, 0.4) is 0 Å². The molecule has 0 saturated heterocycles. The molecule has 2 heterocycles. The first-order chi connectivity index (χ1) is 12.6. The first kappa shape index (κ1) is 16.4. The van der Waals surface area contributed by atoms with E-state index in [2.05, 4.69) is 15.7 Å². The third kappa shape index (κ3) is 3.10. The molecule has 8 heteroatoms. The Labute approximate surface area is 150 Å². The van der Waals surface area contributed by atoms with Gasteiger partial charge >= 0.3 is 0 Å². The molecule has 1 aromatic carbocycles. The topological polar surface area (TPSA) is 94.5 Å². The van der Waals surface area contributed by atoms with E-state index in [-0.39, 0.29) is 31.2 Å². The number of fused-ring (bicyclic) bond motifs is 2. The summed E-state index contributed by atoms with van der Waals surface area (Å²) < 4.78 is 12.3. The molecule has 8 nitrogen and oxygen atoms in total. The van der Waals surface area contributed by atoms with Gasteiger partial charge in [-0.15, -0.1) is 0 Å². The Balaban J connectivity index is 1.34. The molecule has 26 heavy (non-hydrogen) atoms. The molecular formula is C18H20N4O4. The Morgan fingerprint density at radius 1 is 1.31 bits per heavy atom. The van der Waals surface area contributed by atoms with E-state index in [0.29, 0.717) is 17.1 Å². The van der Waals surface area contributed by atoms with Crippen LogP contribution in [0.25, 0.3) is 0 Å². The maximum atomic E-state index is 12.3. The lowest BCUT2D eigenvalue weighted by Crippen LogP contribution is -2.39. The zero-order valence-corrected chi connectivity index (χ0v) is 14.4. The van der Waals surface area contributed by atoms with E-state index >= 15 is 0 Å². The number of benzene rings is 1. The van der Waals surface area contributed by atoms with Gasteiger partial charge in [-0.2, -0.15) is 5.10 Å². The van der Waals surface area contributed by atoms with Crippen molar-refractivity contribution in [1.29, 1.82) is 0 Å². The van der Waals surface area contributed by atoms with E-state index < -0.39 is 0 Å². The van der Waals surface area contributed by atoms with Gasteiger partial charge in [0, 0.05) is 23.9 Å². The summed E-state index contributed by atoms with van der Waals surface area (Å²) in [5.74, 6) is 0.599. The monoisotopic (exact) mass is 356 g/mol. The summed E-state index contributed by atoms with van der Waals surface area (Å²) in [5.41, 5.74) is 2.65. The Hall–Kier alpha value is -3.03. The van der Waals surface area contributed by atoms with Crippen LogP contribution in [0.15, 0.2) is 24.4 Å². The molecule has 0 radical (unpaired) electrons. The summed E-state index contributed by atoms with van der Waals surface area (Å²) in [5, 5.41) is 9.90. The van der Waals surface area contributed by atoms with Crippen LogP contribution in [0.4, 0.5) is 0 Å². The fourth-order valence-corrected chi connectivity index (χ4v) is 3.40. The van der Waals surface area contributed by atoms with Crippen LogP contribution < -0.4 is 20.1 Å². The van der Waals surface area contributed by atoms with Crippen molar-refractivity contribution in [3.63, 3.8) is 0 Å². The molecule has 1 aliphatic heterocycles. The number of aromatic nitrogens is 2. The van der Waals surface area contributed by atoms with Crippen LogP contribution in [-0.2, 0) is 18.3 Å². The van der Waals surface area contributed by atoms with Gasteiger partial charge in [0.05, 0.1) is 18.8 Å². The maximum Gasteiger partial charge on any atom is 0.251 e. The predicted molar refractivity (Wildman–Crippen MR) is 91.9 cm³/mol. The summed E-state index contributed by atoms with van der Waals surface area (Å²) in [6, 6.07) is 4.88. The Bertz CT molecular complexity index is 861. The van der Waals surface area contributed by atoms with Crippen molar-refractivity contribution in [3.05, 3.63) is 41.2 Å². The first-order valence-corrected chi connectivity index (χ1v) is 8.60. The summed E-state index contributed by atoms with van der Waals surface area (Å²) in [6.45, 7) is 0.0693. The number of ether oxygens (including phenoxy) is 2. The second-order valence-electron chi connectivity index (χ2n) is 6.43. The minimum atomic E-state index is -0.329. The number of nitrogens with one attached hydrogen (secondary N) is 2. The molecular weight excluding hydrogens is 336 g/mol. The van der Waals surface area contributed by atoms with Crippen molar-refractivity contribution in [1.82, 2.24) is 20.4 Å². The molecule has 4 rings (SSSR count). The van der Waals surface area contributed by atoms with Gasteiger partial charge in [0.1, 0.15) is 0 Å². The highest BCUT2D eigenvalue weighted by Crippen LogP contribution is 2.32. The summed E-state index contributed by atoms with van der Waals surface area (Å²) in [4.78, 5) is 24.5. The number of carbonyl (C=O) groups excluding carboxylic acids is 2. The number of hydrogen-bond acceptors (Lipinski definition) is 5. The molecule has 0 fully saturated rings. The van der Waals surface area contributed by atoms with Crippen molar-refractivity contribution in [2.45, 2.75) is 25.3 Å². The van der Waals surface area contributed by atoms with E-state index in [1.54, 1.807) is 18.2 Å². The van der Waals surface area contributed by atoms with E-state index in [0.717, 1.165) is 30.5 Å². The molecule has 0 unspecified atom stereocenters. The molecule has 0 saturated carbocycles. The molecule has 2 aliphatic rings. The molecule has 0 bridgehead atoms. The van der Waals surface area contributed by atoms with Gasteiger partial charge < -0.3 is 20.1 Å². The van der Waals surface area contributed by atoms with Crippen LogP contribution in [-0.4, -0.2) is 34.9 Å². The predicted octanol–water partition coefficient (Wildman–Crippen LogP) is 1.07. The summed E-state index contributed by atoms with van der Waals surface area (Å²) in [6.07, 6.45) is 4.66. The lowest BCUT2D eigenvalue weighted by atomic mass is 9.93. The van der Waals surface area contributed by atoms with Crippen molar-refractivity contribution < 1.29 is 19.1 Å². The van der Waals surface area contributed by atoms with Crippen LogP contribution in [0.2, 0.25) is 0 Å². The first-order valence-electron chi connectivity index (χ1n) is 8.60. The van der Waals surface area contributed by atoms with E-state index in [1.807, 2.05) is 17.9 Å². The van der Waals surface area contributed by atoms with Gasteiger partial charge in [-0.05, 0) is 37.5 Å². The van der Waals surface area contributed by atoms with Gasteiger partial charge in [0.2, 0.25) is 12.7 Å². The van der Waals surface area contributed by atoms with Gasteiger partial charge in [-0.3, -0.25) is 14.3 Å². The van der Waals surface area contributed by atoms with Gasteiger partial charge in [0.15, 0.2) is 11.5 Å². The van der Waals surface area contributed by atoms with E-state index in [9.17, 15) is 9.59 Å². The maximum absolute atomic E-state index is 12.3. The standard InChI is InChI=1S/C18H20N4O4/c1-22-14-4-2-3-13(12(14)8-20-22)21-17(23)9-19-18(24)11-5-6-15-16(7-11)26-10-25-15/h5-8,13H,2-4,9-10H2,1H3,(H,19,24)(H,21,23)/t13-/m0/s1. The second-order valence-corrected chi connectivity index (χ2v) is 6.43. The van der Waals surface area contributed by atoms with Crippen LogP contribution in [0.1, 0.15) is 40.5 Å². The molecule has 2 amide bonds. The molecule has 1 atom stereocenters. The lowest BCUT2D eigenvalue weighted by Gasteiger charge is -2.23. The van der Waals surface area contributed by atoms with Crippen molar-refractivity contribution >= 4 is 11.8 Å². The molecule has 136 valence electrons. The second kappa shape index (κ2) is 6.70. The smallest absolute Gasteiger partial charge is 0.251 e. The highest BCUT2D eigenvalue weighted by atomic mass is 16.7. The lowest BCUT2D eigenvalue weighted by molar-refractivity contribution is -0.121. The van der Waals surface area contributed by atoms with Crippen molar-refractivity contribution in [3.8, 4) is 11.5 Å². The zero-order valence-electron chi connectivity index (χ0n) is 14.4. The Kier molecular flexibility index (Phi) is 4.24. The number of nitrogens with zero attached hydrogens (tertiary/aromatic N) is 2. The normalized spacial score (nSPS) is 17.5. The minimum absolute atomic E-state index is 0.0533. The fraction of sp³-hybridized carbons (Fsp3) is 0.389. The molecule has 1 aromatic heterocycles. The van der Waals surface area contributed by atoms with Crippen LogP contribution >= 0.6 is 0 Å². The zero-order chi connectivity index (χ0) is 18.1. The number of rotatable bonds is 4. The number of carbonyl (C=O) groups is 2. The average molecular weight is 356 g/mol. The molecule has 1 aliphatic carbocycles. The molecule has 0 spiro atoms. The Morgan fingerprint density at radius 3 is 3.04 bits per heavy atom. The highest BCUT2D eigenvalue weighted by molar-refractivity contribution is 5.97. The van der Waals surface area contributed by atoms with Gasteiger partial charge in [-0.25, -0.2) is 0 Å². The summed E-state index contributed by atoms with van der Waals surface area (Å²) in [7, 11) is 1.91. The number of aryl methyl sites for hydroxylation is 1.